The summed E-state index contributed by atoms with van der Waals surface area (Å²) in [5, 5.41) is 23.3. The molecule has 0 radical (unpaired) electrons. The predicted molar refractivity (Wildman–Crippen MR) is 380 cm³/mol. The van der Waals surface area contributed by atoms with Gasteiger partial charge in [-0.3, -0.25) is 9.59 Å². The van der Waals surface area contributed by atoms with Crippen molar-refractivity contribution in [1.29, 1.82) is 0 Å². The first kappa shape index (κ1) is 84.6. The fourth-order valence-electron chi connectivity index (χ4n) is 13.0. The number of rotatable bonds is 76. The molecule has 0 saturated carbocycles. The molecule has 0 aliphatic heterocycles. The van der Waals surface area contributed by atoms with Gasteiger partial charge in [0.05, 0.1) is 25.4 Å². The Bertz CT molecular complexity index is 1300. The van der Waals surface area contributed by atoms with Crippen molar-refractivity contribution in [1.82, 2.24) is 5.32 Å². The number of allylic oxidation sites excluding steroid dienone is 1. The lowest BCUT2D eigenvalue weighted by Crippen LogP contribution is -2.45. The molecule has 0 aliphatic carbocycles. The number of carbonyl (C=O) groups is 2. The van der Waals surface area contributed by atoms with E-state index >= 15 is 0 Å². The van der Waals surface area contributed by atoms with Gasteiger partial charge in [0.25, 0.3) is 0 Å². The van der Waals surface area contributed by atoms with E-state index < -0.39 is 12.1 Å². The van der Waals surface area contributed by atoms with Crippen LogP contribution in [0, 0.1) is 0 Å². The minimum absolute atomic E-state index is 0.0242. The Balaban J connectivity index is 3.33. The molecule has 0 fully saturated rings. The zero-order chi connectivity index (χ0) is 62.0. The molecular weight excluding hydrogens is 1050 g/mol. The number of aliphatic hydroxyl groups excluding tert-OH is 2. The Hall–Kier alpha value is -1.40. The third-order valence-corrected chi connectivity index (χ3v) is 19.1. The van der Waals surface area contributed by atoms with Crippen LogP contribution in [-0.2, 0) is 14.3 Å². The molecule has 1 amide bonds. The standard InChI is InChI=1S/C80H157NO5/c1-3-5-7-9-11-13-15-17-18-19-20-21-37-40-43-46-49-52-56-60-64-68-72-78(83)77(76-82)81-79(84)73-69-65-61-57-53-50-47-44-41-38-35-33-31-29-27-25-23-22-24-26-28-30-32-34-36-39-42-45-48-51-55-59-63-67-71-75-86-80(85)74-70-66-62-58-54-16-14-12-10-8-6-4-2/h68,72,77-78,82-83H,3-67,69-71,73-76H2,1-2H3,(H,81,84)/b72-68+. The Kier molecular flexibility index (Phi) is 74.8. The highest BCUT2D eigenvalue weighted by molar-refractivity contribution is 5.76. The number of aliphatic hydroxyl groups is 2. The maximum atomic E-state index is 12.5. The van der Waals surface area contributed by atoms with Gasteiger partial charge in [-0.05, 0) is 32.1 Å². The fraction of sp³-hybridized carbons (Fsp3) is 0.950. The van der Waals surface area contributed by atoms with Crippen molar-refractivity contribution in [3.63, 3.8) is 0 Å². The van der Waals surface area contributed by atoms with E-state index in [0.717, 1.165) is 38.5 Å². The van der Waals surface area contributed by atoms with Gasteiger partial charge in [0.1, 0.15) is 0 Å². The second-order valence-electron chi connectivity index (χ2n) is 27.8. The SMILES string of the molecule is CCCCCCCCCCCCCCCCCCCCCC/C=C/C(O)C(CO)NC(=O)CCCCCCCCCCCCCCCCCCCCCCCCCCCCCCCCCCCCCOC(=O)CCCCCCCCCCCCCC. The van der Waals surface area contributed by atoms with Crippen molar-refractivity contribution < 1.29 is 24.5 Å². The van der Waals surface area contributed by atoms with Crippen LogP contribution in [0.3, 0.4) is 0 Å². The van der Waals surface area contributed by atoms with Gasteiger partial charge < -0.3 is 20.3 Å². The molecule has 0 aromatic carbocycles. The van der Waals surface area contributed by atoms with Gasteiger partial charge >= 0.3 is 5.97 Å². The third kappa shape index (κ3) is 71.7. The molecule has 0 aliphatic rings. The van der Waals surface area contributed by atoms with Gasteiger partial charge in [0, 0.05) is 12.8 Å². The normalized spacial score (nSPS) is 12.5. The summed E-state index contributed by atoms with van der Waals surface area (Å²) in [6.45, 7) is 4.96. The molecule has 86 heavy (non-hydrogen) atoms. The molecule has 0 spiro atoms. The Morgan fingerprint density at radius 3 is 0.791 bits per heavy atom. The summed E-state index contributed by atoms with van der Waals surface area (Å²) in [7, 11) is 0. The van der Waals surface area contributed by atoms with Crippen molar-refractivity contribution >= 4 is 11.9 Å². The van der Waals surface area contributed by atoms with E-state index in [4.69, 9.17) is 4.74 Å². The first-order chi connectivity index (χ1) is 42.5. The third-order valence-electron chi connectivity index (χ3n) is 19.1. The zero-order valence-electron chi connectivity index (χ0n) is 58.8. The fourth-order valence-corrected chi connectivity index (χ4v) is 13.0. The minimum atomic E-state index is -0.841. The molecule has 0 saturated heterocycles. The lowest BCUT2D eigenvalue weighted by Gasteiger charge is -2.20. The number of hydrogen-bond donors (Lipinski definition) is 3. The number of carbonyl (C=O) groups excluding carboxylic acids is 2. The predicted octanol–water partition coefficient (Wildman–Crippen LogP) is 26.3. The lowest BCUT2D eigenvalue weighted by atomic mass is 10.0. The topological polar surface area (TPSA) is 95.9 Å². The van der Waals surface area contributed by atoms with Gasteiger partial charge in [-0.15, -0.1) is 0 Å². The molecule has 0 rings (SSSR count). The molecule has 6 nitrogen and oxygen atoms in total. The summed E-state index contributed by atoms with van der Waals surface area (Å²) < 4.78 is 5.49. The lowest BCUT2D eigenvalue weighted by molar-refractivity contribution is -0.143. The summed E-state index contributed by atoms with van der Waals surface area (Å²) in [5.74, 6) is -0.0330. The molecule has 0 aromatic heterocycles. The molecule has 6 heteroatoms. The zero-order valence-corrected chi connectivity index (χ0v) is 58.8. The van der Waals surface area contributed by atoms with Crippen LogP contribution in [0.25, 0.3) is 0 Å². The Morgan fingerprint density at radius 1 is 0.314 bits per heavy atom. The highest BCUT2D eigenvalue weighted by atomic mass is 16.5. The summed E-state index contributed by atoms with van der Waals surface area (Å²) in [6.07, 6.45) is 96.3. The van der Waals surface area contributed by atoms with Gasteiger partial charge in [0.15, 0.2) is 0 Å². The number of ether oxygens (including phenoxy) is 1. The van der Waals surface area contributed by atoms with Crippen molar-refractivity contribution in [3.05, 3.63) is 12.2 Å². The molecule has 0 heterocycles. The molecule has 3 N–H and O–H groups in total. The van der Waals surface area contributed by atoms with Gasteiger partial charge in [0.2, 0.25) is 5.91 Å². The van der Waals surface area contributed by atoms with Crippen LogP contribution < -0.4 is 5.32 Å². The Labute approximate surface area is 539 Å². The van der Waals surface area contributed by atoms with Crippen LogP contribution in [0.4, 0.5) is 0 Å². The van der Waals surface area contributed by atoms with Crippen molar-refractivity contribution in [2.75, 3.05) is 13.2 Å². The maximum Gasteiger partial charge on any atom is 0.305 e. The second kappa shape index (κ2) is 76.1. The number of unbranched alkanes of at least 4 members (excludes halogenated alkanes) is 65. The van der Waals surface area contributed by atoms with Gasteiger partial charge in [-0.2, -0.15) is 0 Å². The number of amides is 1. The van der Waals surface area contributed by atoms with Gasteiger partial charge in [-0.25, -0.2) is 0 Å². The van der Waals surface area contributed by atoms with Crippen LogP contribution >= 0.6 is 0 Å². The number of hydrogen-bond acceptors (Lipinski definition) is 5. The first-order valence-corrected chi connectivity index (χ1v) is 40.0. The average Bonchev–Trinajstić information content (AvgIpc) is 3.59. The van der Waals surface area contributed by atoms with Crippen LogP contribution in [0.5, 0.6) is 0 Å². The monoisotopic (exact) mass is 1210 g/mol. The second-order valence-corrected chi connectivity index (χ2v) is 27.8. The molecule has 2 unspecified atom stereocenters. The first-order valence-electron chi connectivity index (χ1n) is 40.0. The van der Waals surface area contributed by atoms with Crippen molar-refractivity contribution in [2.24, 2.45) is 0 Å². The van der Waals surface area contributed by atoms with E-state index in [2.05, 4.69) is 19.2 Å². The molecule has 0 aromatic rings. The smallest absolute Gasteiger partial charge is 0.305 e. The van der Waals surface area contributed by atoms with E-state index in [9.17, 15) is 19.8 Å². The molecule has 512 valence electrons. The van der Waals surface area contributed by atoms with E-state index in [1.807, 2.05) is 6.08 Å². The number of esters is 1. The van der Waals surface area contributed by atoms with Crippen LogP contribution in [0.15, 0.2) is 12.2 Å². The maximum absolute atomic E-state index is 12.5. The Morgan fingerprint density at radius 2 is 0.535 bits per heavy atom. The van der Waals surface area contributed by atoms with E-state index in [1.54, 1.807) is 6.08 Å². The summed E-state index contributed by atoms with van der Waals surface area (Å²) in [4.78, 5) is 24.6. The molecule has 0 bridgehead atoms. The van der Waals surface area contributed by atoms with Crippen LogP contribution in [-0.4, -0.2) is 47.4 Å². The summed E-state index contributed by atoms with van der Waals surface area (Å²) in [6, 6.07) is -0.624. The van der Waals surface area contributed by atoms with Crippen LogP contribution in [0.1, 0.15) is 463 Å². The minimum Gasteiger partial charge on any atom is -0.466 e. The average molecular weight is 1210 g/mol. The van der Waals surface area contributed by atoms with Crippen molar-refractivity contribution in [3.8, 4) is 0 Å². The van der Waals surface area contributed by atoms with E-state index in [1.165, 1.54) is 398 Å². The largest absolute Gasteiger partial charge is 0.466 e. The summed E-state index contributed by atoms with van der Waals surface area (Å²) >= 11 is 0. The highest BCUT2D eigenvalue weighted by Crippen LogP contribution is 2.20. The van der Waals surface area contributed by atoms with E-state index in [0.29, 0.717) is 19.4 Å². The highest BCUT2D eigenvalue weighted by Gasteiger charge is 2.18. The summed E-state index contributed by atoms with van der Waals surface area (Å²) in [5.41, 5.74) is 0. The van der Waals surface area contributed by atoms with E-state index in [-0.39, 0.29) is 18.5 Å². The quantitative estimate of drug-likeness (QED) is 0.0320. The van der Waals surface area contributed by atoms with Crippen LogP contribution in [0.2, 0.25) is 0 Å². The van der Waals surface area contributed by atoms with Crippen molar-refractivity contribution in [2.45, 2.75) is 475 Å². The van der Waals surface area contributed by atoms with Gasteiger partial charge in [-0.1, -0.05) is 431 Å². The number of nitrogens with one attached hydrogen (secondary N) is 1. The molecule has 2 atom stereocenters. The molecular formula is C80H157NO5.